The quantitative estimate of drug-likeness (QED) is 0.159. The SMILES string of the molecule is Cc1onc(-c2ccc(N=[N+]=[N-])cc2)c1C(=O)N1CCN(C2CCC([N+](=O)[O-])CC2Cl)CC1. The Labute approximate surface area is 195 Å². The number of aromatic nitrogens is 1. The summed E-state index contributed by atoms with van der Waals surface area (Å²) >= 11 is 6.50. The average Bonchev–Trinajstić information content (AvgIpc) is 3.20. The number of hydrogen-bond donors (Lipinski definition) is 0. The molecule has 1 aromatic carbocycles. The summed E-state index contributed by atoms with van der Waals surface area (Å²) in [5, 5.41) is 18.5. The first-order chi connectivity index (χ1) is 15.9. The van der Waals surface area contributed by atoms with Crippen LogP contribution in [-0.4, -0.2) is 69.4 Å². The number of hydrogen-bond acceptors (Lipinski definition) is 7. The van der Waals surface area contributed by atoms with E-state index >= 15 is 0 Å². The molecule has 4 rings (SSSR count). The van der Waals surface area contributed by atoms with Gasteiger partial charge in [-0.1, -0.05) is 34.5 Å². The van der Waals surface area contributed by atoms with Gasteiger partial charge < -0.3 is 9.42 Å². The summed E-state index contributed by atoms with van der Waals surface area (Å²) < 4.78 is 5.34. The van der Waals surface area contributed by atoms with Crippen LogP contribution in [0.25, 0.3) is 21.7 Å². The fraction of sp³-hybridized carbons (Fsp3) is 0.524. The molecule has 2 heterocycles. The zero-order valence-electron chi connectivity index (χ0n) is 18.1. The van der Waals surface area contributed by atoms with Gasteiger partial charge in [-0.2, -0.15) is 0 Å². The molecule has 0 bridgehead atoms. The maximum absolute atomic E-state index is 13.4. The Morgan fingerprint density at radius 3 is 2.58 bits per heavy atom. The Morgan fingerprint density at radius 2 is 1.97 bits per heavy atom. The first-order valence-corrected chi connectivity index (χ1v) is 11.3. The monoisotopic (exact) mass is 473 g/mol. The maximum Gasteiger partial charge on any atom is 0.259 e. The number of azide groups is 1. The molecule has 0 N–H and O–H groups in total. The van der Waals surface area contributed by atoms with Gasteiger partial charge in [-0.15, -0.1) is 11.6 Å². The smallest absolute Gasteiger partial charge is 0.259 e. The van der Waals surface area contributed by atoms with Crippen LogP contribution in [-0.2, 0) is 0 Å². The molecular weight excluding hydrogens is 450 g/mol. The lowest BCUT2D eigenvalue weighted by Crippen LogP contribution is -2.56. The van der Waals surface area contributed by atoms with Gasteiger partial charge in [-0.25, -0.2) is 0 Å². The summed E-state index contributed by atoms with van der Waals surface area (Å²) in [5.74, 6) is 0.289. The van der Waals surface area contributed by atoms with E-state index in [1.807, 2.05) is 0 Å². The van der Waals surface area contributed by atoms with Crippen LogP contribution in [0.3, 0.4) is 0 Å². The number of carbonyl (C=O) groups is 1. The van der Waals surface area contributed by atoms with Crippen molar-refractivity contribution in [2.45, 2.75) is 43.6 Å². The maximum atomic E-state index is 13.4. The second kappa shape index (κ2) is 9.78. The number of nitro groups is 1. The second-order valence-corrected chi connectivity index (χ2v) is 8.92. The molecule has 0 radical (unpaired) electrons. The van der Waals surface area contributed by atoms with Crippen LogP contribution < -0.4 is 0 Å². The third-order valence-electron chi connectivity index (χ3n) is 6.46. The van der Waals surface area contributed by atoms with E-state index in [1.54, 1.807) is 36.1 Å². The fourth-order valence-corrected chi connectivity index (χ4v) is 5.15. The van der Waals surface area contributed by atoms with Gasteiger partial charge in [0.1, 0.15) is 17.0 Å². The Hall–Kier alpha value is -3.14. The number of benzene rings is 1. The van der Waals surface area contributed by atoms with Crippen LogP contribution in [0, 0.1) is 17.0 Å². The van der Waals surface area contributed by atoms with Gasteiger partial charge in [0, 0.05) is 66.1 Å². The predicted molar refractivity (Wildman–Crippen MR) is 121 cm³/mol. The fourth-order valence-electron chi connectivity index (χ4n) is 4.66. The molecule has 1 aromatic heterocycles. The van der Waals surface area contributed by atoms with Crippen LogP contribution in [0.15, 0.2) is 33.9 Å². The van der Waals surface area contributed by atoms with E-state index in [9.17, 15) is 14.9 Å². The Kier molecular flexibility index (Phi) is 6.83. The predicted octanol–water partition coefficient (Wildman–Crippen LogP) is 4.15. The average molecular weight is 474 g/mol. The van der Waals surface area contributed by atoms with Crippen LogP contribution in [0.5, 0.6) is 0 Å². The number of nitrogens with zero attached hydrogens (tertiary/aromatic N) is 7. The lowest BCUT2D eigenvalue weighted by atomic mass is 9.89. The number of aryl methyl sites for hydroxylation is 1. The molecule has 2 aromatic rings. The van der Waals surface area contributed by atoms with Gasteiger partial charge in [-0.05, 0) is 18.9 Å². The zero-order valence-corrected chi connectivity index (χ0v) is 18.9. The number of carbonyl (C=O) groups excluding carboxylic acids is 1. The van der Waals surface area contributed by atoms with Crippen LogP contribution in [0.2, 0.25) is 0 Å². The third-order valence-corrected chi connectivity index (χ3v) is 6.93. The number of rotatable bonds is 5. The minimum Gasteiger partial charge on any atom is -0.360 e. The summed E-state index contributed by atoms with van der Waals surface area (Å²) in [7, 11) is 0. The van der Waals surface area contributed by atoms with E-state index in [2.05, 4.69) is 20.1 Å². The lowest BCUT2D eigenvalue weighted by molar-refractivity contribution is -0.526. The van der Waals surface area contributed by atoms with Crippen molar-refractivity contribution in [1.82, 2.24) is 15.0 Å². The molecule has 174 valence electrons. The molecule has 1 saturated heterocycles. The zero-order chi connectivity index (χ0) is 23.5. The van der Waals surface area contributed by atoms with E-state index in [1.165, 1.54) is 0 Å². The van der Waals surface area contributed by atoms with Crippen molar-refractivity contribution in [2.75, 3.05) is 26.2 Å². The minimum absolute atomic E-state index is 0.0857. The van der Waals surface area contributed by atoms with Crippen molar-refractivity contribution in [3.8, 4) is 11.3 Å². The molecule has 1 aliphatic carbocycles. The molecule has 1 amide bonds. The Bertz CT molecular complexity index is 1070. The standard InChI is InChI=1S/C21H24ClN7O4/c1-13-19(20(25-33-13)14-2-4-15(5-3-14)24-26-23)21(30)28-10-8-27(9-11-28)18-7-6-16(29(31)32)12-17(18)22/h2-5,16-18H,6-12H2,1H3. The van der Waals surface area contributed by atoms with E-state index in [4.69, 9.17) is 21.7 Å². The van der Waals surface area contributed by atoms with Crippen molar-refractivity contribution >= 4 is 23.2 Å². The molecule has 12 heteroatoms. The molecule has 11 nitrogen and oxygen atoms in total. The number of halogens is 1. The van der Waals surface area contributed by atoms with E-state index in [-0.39, 0.29) is 22.2 Å². The van der Waals surface area contributed by atoms with Crippen molar-refractivity contribution < 1.29 is 14.2 Å². The summed E-state index contributed by atoms with van der Waals surface area (Å²) in [6.45, 7) is 4.07. The molecule has 2 fully saturated rings. The lowest BCUT2D eigenvalue weighted by Gasteiger charge is -2.42. The van der Waals surface area contributed by atoms with Crippen molar-refractivity contribution in [1.29, 1.82) is 0 Å². The summed E-state index contributed by atoms with van der Waals surface area (Å²) in [6, 6.07) is 6.30. The molecular formula is C21H24ClN7O4. The third kappa shape index (κ3) is 4.80. The van der Waals surface area contributed by atoms with E-state index in [0.717, 1.165) is 0 Å². The topological polar surface area (TPSA) is 141 Å². The van der Waals surface area contributed by atoms with Gasteiger partial charge in [0.15, 0.2) is 0 Å². The van der Waals surface area contributed by atoms with Gasteiger partial charge >= 0.3 is 0 Å². The molecule has 3 atom stereocenters. The Morgan fingerprint density at radius 1 is 1.27 bits per heavy atom. The van der Waals surface area contributed by atoms with Crippen LogP contribution in [0.4, 0.5) is 5.69 Å². The van der Waals surface area contributed by atoms with Crippen molar-refractivity contribution in [2.24, 2.45) is 5.11 Å². The van der Waals surface area contributed by atoms with Crippen molar-refractivity contribution in [3.63, 3.8) is 0 Å². The van der Waals surface area contributed by atoms with E-state index < -0.39 is 6.04 Å². The molecule has 1 saturated carbocycles. The van der Waals surface area contributed by atoms with Crippen molar-refractivity contribution in [3.05, 3.63) is 56.1 Å². The summed E-state index contributed by atoms with van der Waals surface area (Å²) in [4.78, 5) is 31.0. The number of alkyl halides is 1. The normalized spacial score (nSPS) is 23.7. The minimum atomic E-state index is -0.567. The molecule has 3 unspecified atom stereocenters. The van der Waals surface area contributed by atoms with Crippen LogP contribution in [0.1, 0.15) is 35.4 Å². The largest absolute Gasteiger partial charge is 0.360 e. The van der Waals surface area contributed by atoms with Gasteiger partial charge in [0.05, 0.1) is 5.38 Å². The Balaban J connectivity index is 1.43. The summed E-state index contributed by atoms with van der Waals surface area (Å²) in [6.07, 6.45) is 1.59. The highest BCUT2D eigenvalue weighted by atomic mass is 35.5. The van der Waals surface area contributed by atoms with E-state index in [0.29, 0.717) is 73.7 Å². The highest BCUT2D eigenvalue weighted by Crippen LogP contribution is 2.31. The first kappa shape index (κ1) is 23.0. The molecule has 2 aliphatic rings. The van der Waals surface area contributed by atoms with Gasteiger partial charge in [-0.3, -0.25) is 19.8 Å². The van der Waals surface area contributed by atoms with Gasteiger partial charge in [0.2, 0.25) is 6.04 Å². The first-order valence-electron chi connectivity index (χ1n) is 10.8. The molecule has 1 aliphatic heterocycles. The second-order valence-electron chi connectivity index (χ2n) is 8.36. The highest BCUT2D eigenvalue weighted by Gasteiger charge is 2.39. The highest BCUT2D eigenvalue weighted by molar-refractivity contribution is 6.21. The number of amides is 1. The van der Waals surface area contributed by atoms with Crippen LogP contribution >= 0.6 is 11.6 Å². The molecule has 33 heavy (non-hydrogen) atoms. The van der Waals surface area contributed by atoms with Gasteiger partial charge in [0.25, 0.3) is 5.91 Å². The number of piperazine rings is 1. The molecule has 0 spiro atoms. The summed E-state index contributed by atoms with van der Waals surface area (Å²) in [5.41, 5.74) is 10.6.